The smallest absolute Gasteiger partial charge is 0.340 e. The number of nitrogens with zero attached hydrogens (tertiary/aromatic N) is 3. The normalized spacial score (nSPS) is 23.5. The molecule has 3 aliphatic heterocycles. The monoisotopic (exact) mass is 630 g/mol. The maximum Gasteiger partial charge on any atom is 0.363 e. The first kappa shape index (κ1) is 29.7. The molecule has 11 nitrogen and oxygen atoms in total. The Kier molecular flexibility index (Phi) is 7.78. The Labute approximate surface area is 250 Å². The lowest BCUT2D eigenvalue weighted by Crippen LogP contribution is -2.58. The number of nitrogens with one attached hydrogen (secondary N) is 1. The molecule has 228 valence electrons. The maximum absolute atomic E-state index is 14.2. The average molecular weight is 631 g/mol. The summed E-state index contributed by atoms with van der Waals surface area (Å²) in [6.07, 6.45) is 4.89. The third-order valence-corrected chi connectivity index (χ3v) is 10.8. The van der Waals surface area contributed by atoms with E-state index in [1.807, 2.05) is 6.07 Å². The van der Waals surface area contributed by atoms with Crippen LogP contribution >= 0.6 is 18.9 Å². The summed E-state index contributed by atoms with van der Waals surface area (Å²) in [5.74, 6) is -3.25. The van der Waals surface area contributed by atoms with Crippen LogP contribution < -0.4 is 10.9 Å². The number of carbonyl (C=O) groups excluding carboxylic acids is 3. The Bertz CT molecular complexity index is 1710. The number of hydrogen-bond donors (Lipinski definition) is 3. The molecule has 0 spiro atoms. The molecule has 0 unspecified atom stereocenters. The van der Waals surface area contributed by atoms with Crippen LogP contribution in [0.25, 0.3) is 10.1 Å². The van der Waals surface area contributed by atoms with E-state index in [-0.39, 0.29) is 39.8 Å². The number of benzene rings is 1. The fourth-order valence-electron chi connectivity index (χ4n) is 6.38. The lowest BCUT2D eigenvalue weighted by molar-refractivity contribution is -0.148. The van der Waals surface area contributed by atoms with Crippen molar-refractivity contribution in [1.82, 2.24) is 19.7 Å². The van der Waals surface area contributed by atoms with Crippen molar-refractivity contribution < 1.29 is 33.1 Å². The Balaban J connectivity index is 1.13. The summed E-state index contributed by atoms with van der Waals surface area (Å²) in [7, 11) is -3.29. The minimum atomic E-state index is -4.98. The fourth-order valence-corrected chi connectivity index (χ4v) is 7.88. The van der Waals surface area contributed by atoms with Crippen molar-refractivity contribution in [3.63, 3.8) is 0 Å². The number of hydrogen-bond acceptors (Lipinski definition) is 6. The molecule has 3 amide bonds. The summed E-state index contributed by atoms with van der Waals surface area (Å²) < 4.78 is 27.7. The van der Waals surface area contributed by atoms with Crippen LogP contribution in [0.5, 0.6) is 0 Å². The quantitative estimate of drug-likeness (QED) is 0.355. The lowest BCUT2D eigenvalue weighted by Gasteiger charge is -2.42. The molecule has 6 rings (SSSR count). The first-order valence-electron chi connectivity index (χ1n) is 14.2. The molecule has 3 fully saturated rings. The van der Waals surface area contributed by atoms with Gasteiger partial charge < -0.3 is 29.5 Å². The maximum atomic E-state index is 14.2. The predicted octanol–water partition coefficient (Wildman–Crippen LogP) is 3.01. The van der Waals surface area contributed by atoms with E-state index in [1.54, 1.807) is 29.1 Å². The van der Waals surface area contributed by atoms with Gasteiger partial charge in [-0.25, -0.2) is 4.39 Å². The second-order valence-electron chi connectivity index (χ2n) is 11.6. The Morgan fingerprint density at radius 1 is 1.07 bits per heavy atom. The summed E-state index contributed by atoms with van der Waals surface area (Å²) in [4.78, 5) is 74.6. The van der Waals surface area contributed by atoms with Gasteiger partial charge in [0, 0.05) is 49.1 Å². The number of carbonyl (C=O) groups is 3. The number of aromatic nitrogens is 1. The van der Waals surface area contributed by atoms with Crippen molar-refractivity contribution in [2.24, 2.45) is 7.05 Å². The molecule has 43 heavy (non-hydrogen) atoms. The zero-order valence-electron chi connectivity index (χ0n) is 23.4. The van der Waals surface area contributed by atoms with E-state index in [1.165, 1.54) is 28.8 Å². The lowest BCUT2D eigenvalue weighted by atomic mass is 9.91. The minimum absolute atomic E-state index is 0.0667. The van der Waals surface area contributed by atoms with E-state index < -0.39 is 31.5 Å². The second-order valence-corrected chi connectivity index (χ2v) is 14.3. The van der Waals surface area contributed by atoms with Gasteiger partial charge in [-0.3, -0.25) is 23.7 Å². The van der Waals surface area contributed by atoms with Crippen LogP contribution in [0.2, 0.25) is 0 Å². The molecule has 1 aromatic carbocycles. The Morgan fingerprint density at radius 3 is 2.56 bits per heavy atom. The number of rotatable bonds is 6. The zero-order valence-corrected chi connectivity index (χ0v) is 25.1. The van der Waals surface area contributed by atoms with Crippen molar-refractivity contribution in [1.29, 1.82) is 0 Å². The van der Waals surface area contributed by atoms with Gasteiger partial charge in [-0.1, -0.05) is 6.07 Å². The molecule has 0 bridgehead atoms. The zero-order chi connectivity index (χ0) is 30.6. The molecule has 14 heteroatoms. The van der Waals surface area contributed by atoms with Crippen LogP contribution in [0.3, 0.4) is 0 Å². The molecular formula is C29H32FN4O7PS. The van der Waals surface area contributed by atoms with Crippen LogP contribution in [0.15, 0.2) is 47.4 Å². The van der Waals surface area contributed by atoms with Gasteiger partial charge in [0.1, 0.15) is 12.1 Å². The number of pyridine rings is 1. The average Bonchev–Trinajstić information content (AvgIpc) is 3.52. The highest BCUT2D eigenvalue weighted by Gasteiger charge is 2.47. The van der Waals surface area contributed by atoms with Crippen molar-refractivity contribution in [3.8, 4) is 0 Å². The summed E-state index contributed by atoms with van der Waals surface area (Å²) in [5, 5.41) is 3.30. The molecule has 3 saturated heterocycles. The topological polar surface area (TPSA) is 149 Å². The number of thiophene rings is 1. The predicted molar refractivity (Wildman–Crippen MR) is 157 cm³/mol. The molecule has 2 aromatic heterocycles. The molecule has 3 aliphatic rings. The molecular weight excluding hydrogens is 598 g/mol. The van der Waals surface area contributed by atoms with E-state index in [4.69, 9.17) is 0 Å². The third-order valence-electron chi connectivity index (χ3n) is 8.80. The van der Waals surface area contributed by atoms with Crippen molar-refractivity contribution in [2.75, 3.05) is 13.1 Å². The van der Waals surface area contributed by atoms with Gasteiger partial charge in [-0.05, 0) is 72.9 Å². The Hall–Kier alpha value is -3.38. The molecule has 0 aliphatic carbocycles. The van der Waals surface area contributed by atoms with E-state index in [0.29, 0.717) is 42.4 Å². The number of fused-ring (bicyclic) bond motifs is 2. The van der Waals surface area contributed by atoms with Gasteiger partial charge in [0.2, 0.25) is 17.7 Å². The number of halogens is 1. The highest BCUT2D eigenvalue weighted by atomic mass is 32.1. The highest BCUT2D eigenvalue weighted by Crippen LogP contribution is 2.53. The third kappa shape index (κ3) is 5.66. The van der Waals surface area contributed by atoms with E-state index in [2.05, 4.69) is 5.32 Å². The van der Waals surface area contributed by atoms with Crippen LogP contribution in [-0.4, -0.2) is 73.1 Å². The van der Waals surface area contributed by atoms with Gasteiger partial charge in [-0.15, -0.1) is 11.3 Å². The summed E-state index contributed by atoms with van der Waals surface area (Å²) in [6, 6.07) is 7.64. The van der Waals surface area contributed by atoms with Crippen molar-refractivity contribution in [2.45, 2.75) is 62.1 Å². The number of alkyl halides is 1. The summed E-state index contributed by atoms with van der Waals surface area (Å²) >= 11 is 1.13. The molecule has 3 aromatic rings. The van der Waals surface area contributed by atoms with Crippen molar-refractivity contribution >= 4 is 46.7 Å². The fraction of sp³-hybridized carbons (Fsp3) is 0.448. The number of aryl methyl sites for hydroxylation is 1. The van der Waals surface area contributed by atoms with Crippen molar-refractivity contribution in [3.05, 3.63) is 69.0 Å². The Morgan fingerprint density at radius 2 is 1.84 bits per heavy atom. The van der Waals surface area contributed by atoms with Gasteiger partial charge in [0.15, 0.2) is 0 Å². The second kappa shape index (κ2) is 11.3. The minimum Gasteiger partial charge on any atom is -0.340 e. The first-order valence-corrected chi connectivity index (χ1v) is 16.7. The standard InChI is InChI=1S/C29H32FN4O7PS/c1-32-10-9-16(13-25(32)35)19-14-33(15-19)29(38)22-7-6-20-3-2-4-21(28(37)34(20)22)31-27(36)24-12-18-11-17(5-8-23(18)43-24)26(30)42(39,40)41/h5,8-13,19-22,26H,2-4,6-7,14-15H2,1H3,(H,31,36)(H2,39,40,41)/t20-,21-,22-,26-/m0/s1. The van der Waals surface area contributed by atoms with E-state index in [9.17, 15) is 37.9 Å². The molecule has 4 atom stereocenters. The first-order chi connectivity index (χ1) is 20.4. The van der Waals surface area contributed by atoms with Gasteiger partial charge in [-0.2, -0.15) is 0 Å². The molecule has 5 heterocycles. The molecule has 0 saturated carbocycles. The van der Waals surface area contributed by atoms with Crippen LogP contribution in [0, 0.1) is 0 Å². The van der Waals surface area contributed by atoms with Crippen LogP contribution in [0.1, 0.15) is 64.7 Å². The van der Waals surface area contributed by atoms with Crippen LogP contribution in [0.4, 0.5) is 4.39 Å². The SMILES string of the molecule is Cn1ccc(C2CN(C(=O)[C@@H]3CC[C@@H]4CCC[C@H](NC(=O)c5cc6cc([C@@H](F)P(=O)(O)O)ccc6s5)C(=O)N43)C2)cc1=O. The van der Waals surface area contributed by atoms with Gasteiger partial charge in [0.05, 0.1) is 4.88 Å². The highest BCUT2D eigenvalue weighted by molar-refractivity contribution is 7.51. The number of likely N-dealkylation sites (tertiary alicyclic amines) is 1. The largest absolute Gasteiger partial charge is 0.363 e. The molecule has 3 N–H and O–H groups in total. The van der Waals surface area contributed by atoms with Gasteiger partial charge >= 0.3 is 7.60 Å². The van der Waals surface area contributed by atoms with Crippen LogP contribution in [-0.2, 0) is 21.2 Å². The summed E-state index contributed by atoms with van der Waals surface area (Å²) in [5.41, 5.74) is 0.619. The van der Waals surface area contributed by atoms with E-state index >= 15 is 0 Å². The summed E-state index contributed by atoms with van der Waals surface area (Å²) in [6.45, 7) is 0.973. The van der Waals surface area contributed by atoms with Gasteiger partial charge in [0.25, 0.3) is 11.5 Å². The van der Waals surface area contributed by atoms with E-state index in [0.717, 1.165) is 29.7 Å². The molecule has 0 radical (unpaired) electrons. The number of amides is 3.